The SMILES string of the molecule is Cc1cccc(C(CN)N(C)C2CCCCC2)c1. The summed E-state index contributed by atoms with van der Waals surface area (Å²) in [6.45, 7) is 2.86. The summed E-state index contributed by atoms with van der Waals surface area (Å²) in [7, 11) is 2.25. The molecule has 1 aliphatic rings. The lowest BCUT2D eigenvalue weighted by atomic mass is 9.92. The number of aryl methyl sites for hydroxylation is 1. The molecular weight excluding hydrogens is 220 g/mol. The zero-order valence-electron chi connectivity index (χ0n) is 11.7. The van der Waals surface area contributed by atoms with Crippen LogP contribution in [0.1, 0.15) is 49.3 Å². The van der Waals surface area contributed by atoms with Crippen LogP contribution in [0.2, 0.25) is 0 Å². The minimum Gasteiger partial charge on any atom is -0.329 e. The van der Waals surface area contributed by atoms with Crippen LogP contribution in [0.3, 0.4) is 0 Å². The first-order valence-corrected chi connectivity index (χ1v) is 7.21. The molecule has 0 saturated heterocycles. The first-order chi connectivity index (χ1) is 8.72. The number of nitrogens with zero attached hydrogens (tertiary/aromatic N) is 1. The molecule has 2 rings (SSSR count). The molecule has 0 spiro atoms. The van der Waals surface area contributed by atoms with Crippen molar-refractivity contribution in [2.45, 2.75) is 51.1 Å². The van der Waals surface area contributed by atoms with Crippen LogP contribution < -0.4 is 5.73 Å². The molecule has 1 unspecified atom stereocenters. The van der Waals surface area contributed by atoms with Gasteiger partial charge in [-0.1, -0.05) is 49.1 Å². The fraction of sp³-hybridized carbons (Fsp3) is 0.625. The molecule has 1 atom stereocenters. The van der Waals surface area contributed by atoms with Gasteiger partial charge in [0.15, 0.2) is 0 Å². The summed E-state index contributed by atoms with van der Waals surface area (Å²) in [5.74, 6) is 0. The quantitative estimate of drug-likeness (QED) is 0.883. The van der Waals surface area contributed by atoms with Crippen LogP contribution in [-0.4, -0.2) is 24.5 Å². The Morgan fingerprint density at radius 2 is 2.00 bits per heavy atom. The molecule has 18 heavy (non-hydrogen) atoms. The zero-order valence-corrected chi connectivity index (χ0v) is 11.7. The van der Waals surface area contributed by atoms with Gasteiger partial charge < -0.3 is 5.73 Å². The summed E-state index contributed by atoms with van der Waals surface area (Å²) in [6.07, 6.45) is 6.82. The minimum atomic E-state index is 0.369. The van der Waals surface area contributed by atoms with E-state index in [1.54, 1.807) is 0 Å². The van der Waals surface area contributed by atoms with Crippen molar-refractivity contribution < 1.29 is 0 Å². The lowest BCUT2D eigenvalue weighted by Crippen LogP contribution is -2.39. The smallest absolute Gasteiger partial charge is 0.0470 e. The molecule has 1 saturated carbocycles. The standard InChI is InChI=1S/C16H26N2/c1-13-7-6-8-14(11-13)16(12-17)18(2)15-9-4-3-5-10-15/h6-8,11,15-16H,3-5,9-10,12,17H2,1-2H3. The van der Waals surface area contributed by atoms with Gasteiger partial charge in [-0.2, -0.15) is 0 Å². The average molecular weight is 246 g/mol. The van der Waals surface area contributed by atoms with E-state index in [9.17, 15) is 0 Å². The third kappa shape index (κ3) is 3.12. The maximum absolute atomic E-state index is 6.02. The monoisotopic (exact) mass is 246 g/mol. The van der Waals surface area contributed by atoms with Gasteiger partial charge in [0.05, 0.1) is 0 Å². The molecule has 1 aliphatic carbocycles. The van der Waals surface area contributed by atoms with Crippen LogP contribution in [0.4, 0.5) is 0 Å². The second kappa shape index (κ2) is 6.35. The van der Waals surface area contributed by atoms with E-state index in [1.165, 1.54) is 43.2 Å². The molecule has 2 nitrogen and oxygen atoms in total. The van der Waals surface area contributed by atoms with Crippen LogP contribution in [0.25, 0.3) is 0 Å². The average Bonchev–Trinajstić information content (AvgIpc) is 2.40. The largest absolute Gasteiger partial charge is 0.329 e. The van der Waals surface area contributed by atoms with Gasteiger partial charge >= 0.3 is 0 Å². The van der Waals surface area contributed by atoms with E-state index in [1.807, 2.05) is 0 Å². The van der Waals surface area contributed by atoms with Crippen LogP contribution in [0, 0.1) is 6.92 Å². The molecule has 1 aromatic carbocycles. The van der Waals surface area contributed by atoms with Crippen LogP contribution in [0.5, 0.6) is 0 Å². The summed E-state index contributed by atoms with van der Waals surface area (Å²) in [4.78, 5) is 2.51. The molecule has 0 aliphatic heterocycles. The second-order valence-electron chi connectivity index (χ2n) is 5.62. The van der Waals surface area contributed by atoms with Crippen molar-refractivity contribution in [2.75, 3.05) is 13.6 Å². The highest BCUT2D eigenvalue weighted by Crippen LogP contribution is 2.28. The molecule has 2 N–H and O–H groups in total. The zero-order chi connectivity index (χ0) is 13.0. The van der Waals surface area contributed by atoms with Gasteiger partial charge in [-0.15, -0.1) is 0 Å². The number of rotatable bonds is 4. The van der Waals surface area contributed by atoms with Gasteiger partial charge in [0.2, 0.25) is 0 Å². The summed E-state index contributed by atoms with van der Waals surface area (Å²) in [5.41, 5.74) is 8.71. The highest BCUT2D eigenvalue weighted by molar-refractivity contribution is 5.25. The summed E-state index contributed by atoms with van der Waals surface area (Å²) in [5, 5.41) is 0. The lowest BCUT2D eigenvalue weighted by molar-refractivity contribution is 0.140. The number of hydrogen-bond donors (Lipinski definition) is 1. The number of nitrogens with two attached hydrogens (primary N) is 1. The molecule has 0 amide bonds. The lowest BCUT2D eigenvalue weighted by Gasteiger charge is -2.37. The second-order valence-corrected chi connectivity index (χ2v) is 5.62. The van der Waals surface area contributed by atoms with Gasteiger partial charge in [-0.05, 0) is 32.4 Å². The maximum Gasteiger partial charge on any atom is 0.0470 e. The highest BCUT2D eigenvalue weighted by Gasteiger charge is 2.24. The van der Waals surface area contributed by atoms with E-state index in [2.05, 4.69) is 43.1 Å². The van der Waals surface area contributed by atoms with Gasteiger partial charge in [0, 0.05) is 18.6 Å². The van der Waals surface area contributed by atoms with E-state index in [-0.39, 0.29) is 0 Å². The summed E-state index contributed by atoms with van der Waals surface area (Å²) < 4.78 is 0. The molecule has 0 heterocycles. The third-order valence-electron chi connectivity index (χ3n) is 4.29. The summed E-state index contributed by atoms with van der Waals surface area (Å²) >= 11 is 0. The van der Waals surface area contributed by atoms with Crippen molar-refractivity contribution in [3.05, 3.63) is 35.4 Å². The molecule has 0 aromatic heterocycles. The summed E-state index contributed by atoms with van der Waals surface area (Å²) in [6, 6.07) is 9.86. The van der Waals surface area contributed by atoms with Gasteiger partial charge in [-0.3, -0.25) is 4.90 Å². The van der Waals surface area contributed by atoms with E-state index < -0.39 is 0 Å². The van der Waals surface area contributed by atoms with Gasteiger partial charge in [-0.25, -0.2) is 0 Å². The van der Waals surface area contributed by atoms with Crippen LogP contribution >= 0.6 is 0 Å². The normalized spacial score (nSPS) is 19.1. The van der Waals surface area contributed by atoms with Crippen molar-refractivity contribution in [3.63, 3.8) is 0 Å². The van der Waals surface area contributed by atoms with Crippen molar-refractivity contribution in [2.24, 2.45) is 5.73 Å². The number of likely N-dealkylation sites (N-methyl/N-ethyl adjacent to an activating group) is 1. The molecule has 1 aromatic rings. The van der Waals surface area contributed by atoms with Gasteiger partial charge in [0.25, 0.3) is 0 Å². The Kier molecular flexibility index (Phi) is 4.79. The minimum absolute atomic E-state index is 0.369. The number of hydrogen-bond acceptors (Lipinski definition) is 2. The van der Waals surface area contributed by atoms with E-state index in [0.29, 0.717) is 18.6 Å². The van der Waals surface area contributed by atoms with Crippen molar-refractivity contribution >= 4 is 0 Å². The van der Waals surface area contributed by atoms with Gasteiger partial charge in [0.1, 0.15) is 0 Å². The Balaban J connectivity index is 2.11. The predicted molar refractivity (Wildman–Crippen MR) is 77.6 cm³/mol. The first kappa shape index (κ1) is 13.6. The van der Waals surface area contributed by atoms with Crippen molar-refractivity contribution in [3.8, 4) is 0 Å². The Hall–Kier alpha value is -0.860. The fourth-order valence-corrected chi connectivity index (χ4v) is 3.16. The fourth-order valence-electron chi connectivity index (χ4n) is 3.16. The Labute approximate surface area is 111 Å². The topological polar surface area (TPSA) is 29.3 Å². The molecule has 0 radical (unpaired) electrons. The number of benzene rings is 1. The first-order valence-electron chi connectivity index (χ1n) is 7.21. The third-order valence-corrected chi connectivity index (χ3v) is 4.29. The molecule has 1 fully saturated rings. The molecule has 2 heteroatoms. The van der Waals surface area contributed by atoms with E-state index in [0.717, 1.165) is 0 Å². The van der Waals surface area contributed by atoms with Crippen molar-refractivity contribution in [1.29, 1.82) is 0 Å². The van der Waals surface area contributed by atoms with Crippen LogP contribution in [0.15, 0.2) is 24.3 Å². The van der Waals surface area contributed by atoms with Crippen molar-refractivity contribution in [1.82, 2.24) is 4.90 Å². The Morgan fingerprint density at radius 1 is 1.28 bits per heavy atom. The highest BCUT2D eigenvalue weighted by atomic mass is 15.2. The Bertz CT molecular complexity index is 369. The van der Waals surface area contributed by atoms with E-state index >= 15 is 0 Å². The predicted octanol–water partition coefficient (Wildman–Crippen LogP) is 3.26. The maximum atomic E-state index is 6.02. The Morgan fingerprint density at radius 3 is 2.61 bits per heavy atom. The molecule has 0 bridgehead atoms. The van der Waals surface area contributed by atoms with Crippen LogP contribution in [-0.2, 0) is 0 Å². The van der Waals surface area contributed by atoms with E-state index in [4.69, 9.17) is 5.73 Å². The molecule has 100 valence electrons. The molecular formula is C16H26N2.